The number of phenols is 1. The standard InChI is InChI=1S/C13H18O/c1-13(2,3)11-7-9-5-4-6-10(9)8-12(11)14/h7-8,14H,4-6H2,1-3H3. The van der Waals surface area contributed by atoms with E-state index in [1.165, 1.54) is 24.0 Å². The Bertz CT molecular complexity index is 358. The molecule has 1 heteroatoms. The van der Waals surface area contributed by atoms with E-state index in [9.17, 15) is 5.11 Å². The first-order chi connectivity index (χ1) is 6.48. The lowest BCUT2D eigenvalue weighted by atomic mass is 9.84. The molecule has 0 saturated heterocycles. The zero-order chi connectivity index (χ0) is 10.3. The van der Waals surface area contributed by atoms with Crippen LogP contribution in [0.15, 0.2) is 12.1 Å². The zero-order valence-corrected chi connectivity index (χ0v) is 9.22. The number of fused-ring (bicyclic) bond motifs is 1. The molecular weight excluding hydrogens is 172 g/mol. The van der Waals surface area contributed by atoms with E-state index >= 15 is 0 Å². The van der Waals surface area contributed by atoms with Gasteiger partial charge in [-0.05, 0) is 47.4 Å². The molecule has 0 heterocycles. The van der Waals surface area contributed by atoms with E-state index in [2.05, 4.69) is 26.8 Å². The highest BCUT2D eigenvalue weighted by molar-refractivity contribution is 5.46. The third-order valence-electron chi connectivity index (χ3n) is 3.02. The SMILES string of the molecule is CC(C)(C)c1cc2c(cc1O)CCC2. The van der Waals surface area contributed by atoms with Crippen LogP contribution in [0.3, 0.4) is 0 Å². The maximum absolute atomic E-state index is 9.91. The summed E-state index contributed by atoms with van der Waals surface area (Å²) in [4.78, 5) is 0. The fourth-order valence-corrected chi connectivity index (χ4v) is 2.21. The number of aryl methyl sites for hydroxylation is 2. The van der Waals surface area contributed by atoms with Crippen molar-refractivity contribution in [3.63, 3.8) is 0 Å². The summed E-state index contributed by atoms with van der Waals surface area (Å²) in [6.45, 7) is 6.43. The molecule has 1 nitrogen and oxygen atoms in total. The van der Waals surface area contributed by atoms with Crippen molar-refractivity contribution in [1.29, 1.82) is 0 Å². The highest BCUT2D eigenvalue weighted by Crippen LogP contribution is 2.35. The van der Waals surface area contributed by atoms with E-state index in [4.69, 9.17) is 0 Å². The van der Waals surface area contributed by atoms with Gasteiger partial charge in [0.2, 0.25) is 0 Å². The molecule has 0 atom stereocenters. The maximum Gasteiger partial charge on any atom is 0.119 e. The smallest absolute Gasteiger partial charge is 0.119 e. The molecule has 0 saturated carbocycles. The van der Waals surface area contributed by atoms with Crippen molar-refractivity contribution >= 4 is 0 Å². The van der Waals surface area contributed by atoms with Gasteiger partial charge in [0.25, 0.3) is 0 Å². The van der Waals surface area contributed by atoms with Crippen molar-refractivity contribution in [3.05, 3.63) is 28.8 Å². The van der Waals surface area contributed by atoms with Gasteiger partial charge in [0.1, 0.15) is 5.75 Å². The van der Waals surface area contributed by atoms with Gasteiger partial charge in [-0.1, -0.05) is 26.8 Å². The van der Waals surface area contributed by atoms with Gasteiger partial charge in [-0.15, -0.1) is 0 Å². The van der Waals surface area contributed by atoms with E-state index in [-0.39, 0.29) is 5.41 Å². The molecule has 1 aliphatic rings. The van der Waals surface area contributed by atoms with Crippen LogP contribution in [0, 0.1) is 0 Å². The van der Waals surface area contributed by atoms with Gasteiger partial charge in [0.05, 0.1) is 0 Å². The van der Waals surface area contributed by atoms with Gasteiger partial charge in [-0.2, -0.15) is 0 Å². The van der Waals surface area contributed by atoms with E-state index in [0.29, 0.717) is 5.75 Å². The Morgan fingerprint density at radius 3 is 2.21 bits per heavy atom. The van der Waals surface area contributed by atoms with Crippen LogP contribution >= 0.6 is 0 Å². The predicted octanol–water partition coefficient (Wildman–Crippen LogP) is 3.18. The average molecular weight is 190 g/mol. The fraction of sp³-hybridized carbons (Fsp3) is 0.538. The molecule has 0 aliphatic heterocycles. The van der Waals surface area contributed by atoms with Crippen LogP contribution in [0.2, 0.25) is 0 Å². The predicted molar refractivity (Wildman–Crippen MR) is 58.8 cm³/mol. The average Bonchev–Trinajstić information content (AvgIpc) is 2.47. The lowest BCUT2D eigenvalue weighted by Gasteiger charge is -2.21. The van der Waals surface area contributed by atoms with Gasteiger partial charge in [-0.25, -0.2) is 0 Å². The summed E-state index contributed by atoms with van der Waals surface area (Å²) in [6, 6.07) is 4.15. The van der Waals surface area contributed by atoms with Crippen LogP contribution < -0.4 is 0 Å². The molecule has 0 bridgehead atoms. The minimum Gasteiger partial charge on any atom is -0.508 e. The fourth-order valence-electron chi connectivity index (χ4n) is 2.21. The Balaban J connectivity index is 2.53. The quantitative estimate of drug-likeness (QED) is 0.666. The number of hydrogen-bond donors (Lipinski definition) is 1. The van der Waals surface area contributed by atoms with Crippen molar-refractivity contribution < 1.29 is 5.11 Å². The molecule has 0 spiro atoms. The van der Waals surface area contributed by atoms with E-state index in [1.807, 2.05) is 6.07 Å². The second-order valence-corrected chi connectivity index (χ2v) is 5.24. The number of benzene rings is 1. The zero-order valence-electron chi connectivity index (χ0n) is 9.22. The topological polar surface area (TPSA) is 20.2 Å². The van der Waals surface area contributed by atoms with Crippen molar-refractivity contribution in [1.82, 2.24) is 0 Å². The summed E-state index contributed by atoms with van der Waals surface area (Å²) in [5.74, 6) is 0.471. The van der Waals surface area contributed by atoms with E-state index in [0.717, 1.165) is 12.0 Å². The van der Waals surface area contributed by atoms with Crippen LogP contribution in [0.25, 0.3) is 0 Å². The summed E-state index contributed by atoms with van der Waals surface area (Å²) < 4.78 is 0. The summed E-state index contributed by atoms with van der Waals surface area (Å²) in [5, 5.41) is 9.91. The van der Waals surface area contributed by atoms with Gasteiger partial charge in [0, 0.05) is 0 Å². The van der Waals surface area contributed by atoms with Gasteiger partial charge in [-0.3, -0.25) is 0 Å². The van der Waals surface area contributed by atoms with E-state index in [1.54, 1.807) is 0 Å². The molecular formula is C13H18O. The molecule has 14 heavy (non-hydrogen) atoms. The molecule has 0 unspecified atom stereocenters. The van der Waals surface area contributed by atoms with Crippen LogP contribution in [0.1, 0.15) is 43.9 Å². The first-order valence-electron chi connectivity index (χ1n) is 5.34. The Morgan fingerprint density at radius 2 is 1.64 bits per heavy atom. The van der Waals surface area contributed by atoms with Gasteiger partial charge < -0.3 is 5.11 Å². The number of rotatable bonds is 0. The molecule has 1 aromatic rings. The first-order valence-corrected chi connectivity index (χ1v) is 5.34. The molecule has 0 fully saturated rings. The first kappa shape index (κ1) is 9.57. The third kappa shape index (κ3) is 1.52. The molecule has 76 valence electrons. The monoisotopic (exact) mass is 190 g/mol. The molecule has 1 aromatic carbocycles. The Hall–Kier alpha value is -0.980. The van der Waals surface area contributed by atoms with Gasteiger partial charge in [0.15, 0.2) is 0 Å². The van der Waals surface area contributed by atoms with E-state index < -0.39 is 0 Å². The Morgan fingerprint density at radius 1 is 1.07 bits per heavy atom. The normalized spacial score (nSPS) is 15.6. The summed E-state index contributed by atoms with van der Waals surface area (Å²) in [6.07, 6.45) is 3.55. The number of phenolic OH excluding ortho intramolecular Hbond substituents is 1. The molecule has 0 radical (unpaired) electrons. The van der Waals surface area contributed by atoms with Crippen molar-refractivity contribution in [3.8, 4) is 5.75 Å². The number of hydrogen-bond acceptors (Lipinski definition) is 1. The lowest BCUT2D eigenvalue weighted by molar-refractivity contribution is 0.446. The minimum atomic E-state index is 0.0434. The summed E-state index contributed by atoms with van der Waals surface area (Å²) in [5.41, 5.74) is 3.91. The minimum absolute atomic E-state index is 0.0434. The van der Waals surface area contributed by atoms with Crippen LogP contribution in [0.4, 0.5) is 0 Å². The molecule has 1 N–H and O–H groups in total. The highest BCUT2D eigenvalue weighted by atomic mass is 16.3. The van der Waals surface area contributed by atoms with Crippen LogP contribution in [-0.2, 0) is 18.3 Å². The highest BCUT2D eigenvalue weighted by Gasteiger charge is 2.21. The Kier molecular flexibility index (Phi) is 2.06. The van der Waals surface area contributed by atoms with Crippen LogP contribution in [0.5, 0.6) is 5.75 Å². The second kappa shape index (κ2) is 3.01. The van der Waals surface area contributed by atoms with Crippen molar-refractivity contribution in [2.75, 3.05) is 0 Å². The molecule has 0 amide bonds. The molecule has 0 aromatic heterocycles. The maximum atomic E-state index is 9.91. The largest absolute Gasteiger partial charge is 0.508 e. The summed E-state index contributed by atoms with van der Waals surface area (Å²) >= 11 is 0. The molecule has 1 aliphatic carbocycles. The lowest BCUT2D eigenvalue weighted by Crippen LogP contribution is -2.11. The van der Waals surface area contributed by atoms with Crippen molar-refractivity contribution in [2.45, 2.75) is 45.4 Å². The number of aromatic hydroxyl groups is 1. The summed E-state index contributed by atoms with van der Waals surface area (Å²) in [7, 11) is 0. The second-order valence-electron chi connectivity index (χ2n) is 5.24. The van der Waals surface area contributed by atoms with Crippen LogP contribution in [-0.4, -0.2) is 5.11 Å². The molecule has 2 rings (SSSR count). The third-order valence-corrected chi connectivity index (χ3v) is 3.02. The van der Waals surface area contributed by atoms with Crippen molar-refractivity contribution in [2.24, 2.45) is 0 Å². The van der Waals surface area contributed by atoms with Gasteiger partial charge >= 0.3 is 0 Å². The Labute approximate surface area is 85.8 Å².